The molecule has 7 heteroatoms. The van der Waals surface area contributed by atoms with E-state index >= 15 is 0 Å². The molecule has 0 amide bonds. The number of methoxy groups -OCH3 is 1. The van der Waals surface area contributed by atoms with E-state index in [1.165, 1.54) is 7.11 Å². The summed E-state index contributed by atoms with van der Waals surface area (Å²) in [4.78, 5) is 24.0. The van der Waals surface area contributed by atoms with E-state index in [1.807, 2.05) is 0 Å². The van der Waals surface area contributed by atoms with Gasteiger partial charge in [-0.15, -0.1) is 0 Å². The molecule has 0 saturated carbocycles. The molecule has 0 spiro atoms. The number of benzene rings is 1. The molecule has 0 aromatic heterocycles. The van der Waals surface area contributed by atoms with Gasteiger partial charge in [-0.25, -0.2) is 9.59 Å². The van der Waals surface area contributed by atoms with Crippen molar-refractivity contribution in [2.24, 2.45) is 0 Å². The van der Waals surface area contributed by atoms with Crippen molar-refractivity contribution >= 4 is 29.3 Å². The van der Waals surface area contributed by atoms with Crippen LogP contribution in [0.5, 0.6) is 0 Å². The second-order valence-corrected chi connectivity index (χ2v) is 6.05. The van der Waals surface area contributed by atoms with Gasteiger partial charge in [0.2, 0.25) is 0 Å². The molecule has 1 aliphatic heterocycles. The number of esters is 2. The third-order valence-electron chi connectivity index (χ3n) is 3.50. The van der Waals surface area contributed by atoms with Crippen LogP contribution < -0.4 is 10.6 Å². The Labute approximate surface area is 146 Å². The minimum absolute atomic E-state index is 0.228. The van der Waals surface area contributed by atoms with E-state index in [1.54, 1.807) is 45.0 Å². The minimum atomic E-state index is -0.448. The van der Waals surface area contributed by atoms with Crippen molar-refractivity contribution in [3.05, 3.63) is 46.7 Å². The predicted molar refractivity (Wildman–Crippen MR) is 93.3 cm³/mol. The van der Waals surface area contributed by atoms with Crippen molar-refractivity contribution in [2.45, 2.75) is 32.9 Å². The summed E-state index contributed by atoms with van der Waals surface area (Å²) in [6.07, 6.45) is -0.228. The van der Waals surface area contributed by atoms with Crippen molar-refractivity contribution in [3.63, 3.8) is 0 Å². The number of nitrogens with one attached hydrogen (secondary N) is 2. The molecule has 128 valence electrons. The molecule has 1 aromatic carbocycles. The van der Waals surface area contributed by atoms with Crippen LogP contribution in [0.2, 0.25) is 0 Å². The highest BCUT2D eigenvalue weighted by molar-refractivity contribution is 7.80. The first-order valence-electron chi connectivity index (χ1n) is 7.51. The topological polar surface area (TPSA) is 76.7 Å². The summed E-state index contributed by atoms with van der Waals surface area (Å²) in [6.45, 7) is 5.37. The van der Waals surface area contributed by atoms with Gasteiger partial charge in [-0.1, -0.05) is 12.1 Å². The number of carbonyl (C=O) groups is 2. The highest BCUT2D eigenvalue weighted by Gasteiger charge is 2.31. The van der Waals surface area contributed by atoms with Crippen LogP contribution in [0.25, 0.3) is 0 Å². The summed E-state index contributed by atoms with van der Waals surface area (Å²) in [5.74, 6) is -0.825. The summed E-state index contributed by atoms with van der Waals surface area (Å²) < 4.78 is 10.0. The van der Waals surface area contributed by atoms with Crippen molar-refractivity contribution in [1.29, 1.82) is 0 Å². The van der Waals surface area contributed by atoms with Gasteiger partial charge in [0, 0.05) is 5.70 Å². The Morgan fingerprint density at radius 2 is 1.79 bits per heavy atom. The van der Waals surface area contributed by atoms with E-state index in [2.05, 4.69) is 10.6 Å². The maximum atomic E-state index is 12.5. The van der Waals surface area contributed by atoms with Crippen LogP contribution in [-0.2, 0) is 14.3 Å². The molecular formula is C17H20N2O4S. The molecule has 0 bridgehead atoms. The second kappa shape index (κ2) is 7.44. The summed E-state index contributed by atoms with van der Waals surface area (Å²) in [7, 11) is 1.33. The highest BCUT2D eigenvalue weighted by atomic mass is 32.1. The minimum Gasteiger partial charge on any atom is -0.465 e. The van der Waals surface area contributed by atoms with Gasteiger partial charge in [-0.2, -0.15) is 0 Å². The number of ether oxygens (including phenoxy) is 2. The van der Waals surface area contributed by atoms with Crippen molar-refractivity contribution < 1.29 is 19.1 Å². The highest BCUT2D eigenvalue weighted by Crippen LogP contribution is 2.28. The lowest BCUT2D eigenvalue weighted by molar-refractivity contribution is -0.143. The van der Waals surface area contributed by atoms with Crippen LogP contribution in [-0.4, -0.2) is 30.3 Å². The monoisotopic (exact) mass is 348 g/mol. The zero-order chi connectivity index (χ0) is 17.9. The molecule has 1 aromatic rings. The first-order chi connectivity index (χ1) is 11.3. The molecule has 0 radical (unpaired) electrons. The number of rotatable bonds is 4. The average molecular weight is 348 g/mol. The van der Waals surface area contributed by atoms with Gasteiger partial charge in [-0.3, -0.25) is 0 Å². The quantitative estimate of drug-likeness (QED) is 0.638. The molecule has 0 saturated heterocycles. The standard InChI is InChI=1S/C17H20N2O4S/c1-9(2)23-16(21)13-10(3)18-17(24)19-14(13)11-5-7-12(8-6-11)15(20)22-4/h5-9,14H,1-4H3,(H2,18,19,24)/t14-/m1/s1. The Bertz CT molecular complexity index is 695. The maximum absolute atomic E-state index is 12.5. The molecular weight excluding hydrogens is 328 g/mol. The van der Waals surface area contributed by atoms with Gasteiger partial charge in [0.1, 0.15) is 0 Å². The molecule has 1 atom stereocenters. The van der Waals surface area contributed by atoms with E-state index in [0.29, 0.717) is 21.9 Å². The molecule has 0 aliphatic carbocycles. The molecule has 1 aliphatic rings. The largest absolute Gasteiger partial charge is 0.465 e. The Hall–Kier alpha value is -2.41. The van der Waals surface area contributed by atoms with Crippen LogP contribution in [0.15, 0.2) is 35.5 Å². The van der Waals surface area contributed by atoms with E-state index in [9.17, 15) is 9.59 Å². The Morgan fingerprint density at radius 1 is 1.17 bits per heavy atom. The van der Waals surface area contributed by atoms with Crippen LogP contribution in [0.4, 0.5) is 0 Å². The molecule has 2 rings (SSSR count). The Morgan fingerprint density at radius 3 is 2.33 bits per heavy atom. The third kappa shape index (κ3) is 3.91. The lowest BCUT2D eigenvalue weighted by atomic mass is 9.95. The van der Waals surface area contributed by atoms with E-state index in [4.69, 9.17) is 21.7 Å². The number of hydrogen-bond donors (Lipinski definition) is 2. The molecule has 24 heavy (non-hydrogen) atoms. The summed E-state index contributed by atoms with van der Waals surface area (Å²) in [5, 5.41) is 6.45. The van der Waals surface area contributed by atoms with Crippen LogP contribution >= 0.6 is 12.2 Å². The van der Waals surface area contributed by atoms with Crippen LogP contribution in [0.3, 0.4) is 0 Å². The first kappa shape index (κ1) is 17.9. The fraction of sp³-hybridized carbons (Fsp3) is 0.353. The molecule has 1 heterocycles. The zero-order valence-electron chi connectivity index (χ0n) is 14.0. The lowest BCUT2D eigenvalue weighted by Crippen LogP contribution is -2.45. The third-order valence-corrected chi connectivity index (χ3v) is 3.72. The Balaban J connectivity index is 2.37. The summed E-state index contributed by atoms with van der Waals surface area (Å²) >= 11 is 5.19. The second-order valence-electron chi connectivity index (χ2n) is 5.64. The number of hydrogen-bond acceptors (Lipinski definition) is 5. The van der Waals surface area contributed by atoms with E-state index in [-0.39, 0.29) is 6.10 Å². The van der Waals surface area contributed by atoms with Crippen molar-refractivity contribution in [2.75, 3.05) is 7.11 Å². The fourth-order valence-corrected chi connectivity index (χ4v) is 2.69. The fourth-order valence-electron chi connectivity index (χ4n) is 2.42. The van der Waals surface area contributed by atoms with Gasteiger partial charge in [0.25, 0.3) is 0 Å². The predicted octanol–water partition coefficient (Wildman–Crippen LogP) is 2.22. The summed E-state index contributed by atoms with van der Waals surface area (Å²) in [6, 6.07) is 6.36. The van der Waals surface area contributed by atoms with Gasteiger partial charge in [0.15, 0.2) is 5.11 Å². The van der Waals surface area contributed by atoms with Crippen molar-refractivity contribution in [1.82, 2.24) is 10.6 Å². The van der Waals surface area contributed by atoms with Gasteiger partial charge in [-0.05, 0) is 50.7 Å². The molecule has 0 unspecified atom stereocenters. The average Bonchev–Trinajstić information content (AvgIpc) is 2.52. The van der Waals surface area contributed by atoms with E-state index in [0.717, 1.165) is 5.56 Å². The normalized spacial score (nSPS) is 17.2. The molecule has 2 N–H and O–H groups in total. The van der Waals surface area contributed by atoms with Crippen LogP contribution in [0, 0.1) is 0 Å². The van der Waals surface area contributed by atoms with Crippen molar-refractivity contribution in [3.8, 4) is 0 Å². The van der Waals surface area contributed by atoms with Gasteiger partial charge < -0.3 is 20.1 Å². The summed E-state index contributed by atoms with van der Waals surface area (Å²) in [5.41, 5.74) is 2.33. The number of allylic oxidation sites excluding steroid dienone is 1. The van der Waals surface area contributed by atoms with Gasteiger partial charge >= 0.3 is 11.9 Å². The molecule has 6 nitrogen and oxygen atoms in total. The Kier molecular flexibility index (Phi) is 5.56. The number of thiocarbonyl (C=S) groups is 1. The smallest absolute Gasteiger partial charge is 0.338 e. The SMILES string of the molecule is COC(=O)c1ccc([C@H]2NC(=S)NC(C)=C2C(=O)OC(C)C)cc1. The zero-order valence-corrected chi connectivity index (χ0v) is 14.8. The molecule has 0 fully saturated rings. The van der Waals surface area contributed by atoms with E-state index < -0.39 is 18.0 Å². The number of carbonyl (C=O) groups excluding carboxylic acids is 2. The maximum Gasteiger partial charge on any atom is 0.338 e. The van der Waals surface area contributed by atoms with Gasteiger partial charge in [0.05, 0.1) is 30.4 Å². The lowest BCUT2D eigenvalue weighted by Gasteiger charge is -2.30. The van der Waals surface area contributed by atoms with Crippen LogP contribution in [0.1, 0.15) is 42.7 Å². The first-order valence-corrected chi connectivity index (χ1v) is 7.91.